The summed E-state index contributed by atoms with van der Waals surface area (Å²) in [6, 6.07) is 6.72. The Labute approximate surface area is 123 Å². The quantitative estimate of drug-likeness (QED) is 0.619. The van der Waals surface area contributed by atoms with Gasteiger partial charge in [-0.05, 0) is 25.8 Å². The molecule has 0 aliphatic heterocycles. The predicted octanol–water partition coefficient (Wildman–Crippen LogP) is 3.30. The van der Waals surface area contributed by atoms with E-state index in [4.69, 9.17) is 0 Å². The van der Waals surface area contributed by atoms with Crippen LogP contribution in [0.2, 0.25) is 0 Å². The van der Waals surface area contributed by atoms with Gasteiger partial charge in [-0.1, -0.05) is 19.1 Å². The molecule has 0 aliphatic rings. The topological polar surface area (TPSA) is 72.2 Å². The molecule has 110 valence electrons. The van der Waals surface area contributed by atoms with Crippen LogP contribution in [0.15, 0.2) is 24.3 Å². The van der Waals surface area contributed by atoms with Gasteiger partial charge in [0, 0.05) is 23.4 Å². The minimum Gasteiger partial charge on any atom is -0.353 e. The summed E-state index contributed by atoms with van der Waals surface area (Å²) in [6.07, 6.45) is 0.900. The predicted molar refractivity (Wildman–Crippen MR) is 81.9 cm³/mol. The molecule has 0 radical (unpaired) electrons. The van der Waals surface area contributed by atoms with Gasteiger partial charge in [0.15, 0.2) is 0 Å². The summed E-state index contributed by atoms with van der Waals surface area (Å²) in [5.74, 6) is 0.357. The van der Waals surface area contributed by atoms with Crippen LogP contribution in [0.3, 0.4) is 0 Å². The Balaban J connectivity index is 2.54. The number of nitrogens with one attached hydrogen (secondary N) is 1. The highest BCUT2D eigenvalue weighted by molar-refractivity contribution is 8.00. The van der Waals surface area contributed by atoms with Crippen LogP contribution < -0.4 is 5.32 Å². The minimum absolute atomic E-state index is 0.00151. The van der Waals surface area contributed by atoms with Crippen molar-refractivity contribution in [2.75, 3.05) is 5.75 Å². The van der Waals surface area contributed by atoms with Crippen molar-refractivity contribution in [1.82, 2.24) is 5.32 Å². The van der Waals surface area contributed by atoms with Gasteiger partial charge in [-0.3, -0.25) is 14.9 Å². The van der Waals surface area contributed by atoms with E-state index in [0.717, 1.165) is 12.0 Å². The van der Waals surface area contributed by atoms with Crippen LogP contribution in [-0.4, -0.2) is 22.6 Å². The summed E-state index contributed by atoms with van der Waals surface area (Å²) in [5.41, 5.74) is 0.944. The lowest BCUT2D eigenvalue weighted by molar-refractivity contribution is -0.384. The van der Waals surface area contributed by atoms with E-state index < -0.39 is 4.92 Å². The Hall–Kier alpha value is -1.56. The van der Waals surface area contributed by atoms with Crippen LogP contribution in [0.4, 0.5) is 5.69 Å². The first-order chi connectivity index (χ1) is 9.43. The van der Waals surface area contributed by atoms with Crippen molar-refractivity contribution in [3.63, 3.8) is 0 Å². The van der Waals surface area contributed by atoms with Gasteiger partial charge in [0.25, 0.3) is 5.69 Å². The molecule has 1 rings (SSSR count). The van der Waals surface area contributed by atoms with Crippen LogP contribution >= 0.6 is 11.8 Å². The van der Waals surface area contributed by atoms with Crippen LogP contribution in [-0.2, 0) is 4.79 Å². The molecule has 1 amide bonds. The normalized spacial score (nSPS) is 13.6. The fourth-order valence-electron chi connectivity index (χ4n) is 1.61. The monoisotopic (exact) mass is 296 g/mol. The first-order valence-corrected chi connectivity index (χ1v) is 7.64. The number of amides is 1. The van der Waals surface area contributed by atoms with Crippen molar-refractivity contribution in [3.8, 4) is 0 Å². The number of thioether (sulfide) groups is 1. The van der Waals surface area contributed by atoms with E-state index in [2.05, 4.69) is 5.32 Å². The van der Waals surface area contributed by atoms with Gasteiger partial charge in [0.2, 0.25) is 5.91 Å². The average Bonchev–Trinajstić information content (AvgIpc) is 2.44. The molecule has 6 heteroatoms. The second-order valence-electron chi connectivity index (χ2n) is 4.68. The molecule has 0 spiro atoms. The number of benzene rings is 1. The Morgan fingerprint density at radius 3 is 2.75 bits per heavy atom. The van der Waals surface area contributed by atoms with E-state index in [-0.39, 0.29) is 22.9 Å². The van der Waals surface area contributed by atoms with Crippen molar-refractivity contribution in [2.45, 2.75) is 38.5 Å². The van der Waals surface area contributed by atoms with E-state index in [0.29, 0.717) is 5.75 Å². The average molecular weight is 296 g/mol. The maximum Gasteiger partial charge on any atom is 0.269 e. The number of carbonyl (C=O) groups excluding carboxylic acids is 1. The molecule has 0 unspecified atom stereocenters. The SMILES string of the molecule is CC[C@@H](C)NC(=O)CS[C@H](C)c1cccc([N+](=O)[O-])c1. The van der Waals surface area contributed by atoms with Gasteiger partial charge >= 0.3 is 0 Å². The minimum atomic E-state index is -0.406. The number of nitrogens with zero attached hydrogens (tertiary/aromatic N) is 1. The molecule has 0 saturated heterocycles. The number of hydrogen-bond donors (Lipinski definition) is 1. The summed E-state index contributed by atoms with van der Waals surface area (Å²) >= 11 is 1.48. The Bertz CT molecular complexity index is 479. The molecular formula is C14H20N2O3S. The maximum atomic E-state index is 11.7. The zero-order chi connectivity index (χ0) is 15.1. The van der Waals surface area contributed by atoms with E-state index in [1.807, 2.05) is 26.8 Å². The number of carbonyl (C=O) groups is 1. The van der Waals surface area contributed by atoms with Crippen molar-refractivity contribution in [3.05, 3.63) is 39.9 Å². The highest BCUT2D eigenvalue weighted by Crippen LogP contribution is 2.29. The number of hydrogen-bond acceptors (Lipinski definition) is 4. The lowest BCUT2D eigenvalue weighted by Gasteiger charge is -2.14. The molecule has 0 aliphatic carbocycles. The molecule has 1 N–H and O–H groups in total. The zero-order valence-corrected chi connectivity index (χ0v) is 12.8. The molecule has 20 heavy (non-hydrogen) atoms. The van der Waals surface area contributed by atoms with Gasteiger partial charge < -0.3 is 5.32 Å². The van der Waals surface area contributed by atoms with Crippen LogP contribution in [0, 0.1) is 10.1 Å². The molecule has 5 nitrogen and oxygen atoms in total. The third-order valence-corrected chi connectivity index (χ3v) is 4.24. The van der Waals surface area contributed by atoms with Crippen molar-refractivity contribution in [1.29, 1.82) is 0 Å². The van der Waals surface area contributed by atoms with Gasteiger partial charge in [-0.15, -0.1) is 11.8 Å². The molecule has 0 bridgehead atoms. The smallest absolute Gasteiger partial charge is 0.269 e. The van der Waals surface area contributed by atoms with Crippen LogP contribution in [0.25, 0.3) is 0 Å². The maximum absolute atomic E-state index is 11.7. The molecule has 0 saturated carbocycles. The van der Waals surface area contributed by atoms with Crippen LogP contribution in [0.1, 0.15) is 38.0 Å². The van der Waals surface area contributed by atoms with E-state index in [1.165, 1.54) is 17.8 Å². The summed E-state index contributed by atoms with van der Waals surface area (Å²) in [4.78, 5) is 22.0. The lowest BCUT2D eigenvalue weighted by atomic mass is 10.1. The second-order valence-corrected chi connectivity index (χ2v) is 6.01. The molecule has 0 heterocycles. The fraction of sp³-hybridized carbons (Fsp3) is 0.500. The molecule has 0 aromatic heterocycles. The number of nitro groups is 1. The summed E-state index contributed by atoms with van der Waals surface area (Å²) in [6.45, 7) is 5.93. The summed E-state index contributed by atoms with van der Waals surface area (Å²) in [7, 11) is 0. The Kier molecular flexibility index (Phi) is 6.51. The summed E-state index contributed by atoms with van der Waals surface area (Å²) < 4.78 is 0. The Morgan fingerprint density at radius 1 is 1.45 bits per heavy atom. The van der Waals surface area contributed by atoms with Crippen LogP contribution in [0.5, 0.6) is 0 Å². The van der Waals surface area contributed by atoms with Gasteiger partial charge in [-0.2, -0.15) is 0 Å². The second kappa shape index (κ2) is 7.89. The van der Waals surface area contributed by atoms with E-state index in [9.17, 15) is 14.9 Å². The molecule has 0 fully saturated rings. The van der Waals surface area contributed by atoms with Gasteiger partial charge in [-0.25, -0.2) is 0 Å². The highest BCUT2D eigenvalue weighted by Gasteiger charge is 2.13. The standard InChI is InChI=1S/C14H20N2O3S/c1-4-10(2)15-14(17)9-20-11(3)12-6-5-7-13(8-12)16(18)19/h5-8,10-11H,4,9H2,1-3H3,(H,15,17)/t10-,11-/m1/s1. The number of rotatable bonds is 7. The van der Waals surface area contributed by atoms with E-state index in [1.54, 1.807) is 12.1 Å². The molecule has 2 atom stereocenters. The number of non-ortho nitro benzene ring substituents is 1. The molecule has 1 aromatic carbocycles. The first-order valence-electron chi connectivity index (χ1n) is 6.59. The molecular weight excluding hydrogens is 276 g/mol. The summed E-state index contributed by atoms with van der Waals surface area (Å²) in [5, 5.41) is 13.7. The van der Waals surface area contributed by atoms with Crippen molar-refractivity contribution < 1.29 is 9.72 Å². The van der Waals surface area contributed by atoms with Gasteiger partial charge in [0.05, 0.1) is 10.7 Å². The zero-order valence-electron chi connectivity index (χ0n) is 12.0. The third-order valence-electron chi connectivity index (χ3n) is 3.03. The van der Waals surface area contributed by atoms with Crippen molar-refractivity contribution >= 4 is 23.4 Å². The molecule has 1 aromatic rings. The third kappa shape index (κ3) is 5.21. The Morgan fingerprint density at radius 2 is 2.15 bits per heavy atom. The van der Waals surface area contributed by atoms with Crippen molar-refractivity contribution in [2.24, 2.45) is 0 Å². The highest BCUT2D eigenvalue weighted by atomic mass is 32.2. The van der Waals surface area contributed by atoms with E-state index >= 15 is 0 Å². The lowest BCUT2D eigenvalue weighted by Crippen LogP contribution is -2.33. The number of nitro benzene ring substituents is 1. The first kappa shape index (κ1) is 16.5. The van der Waals surface area contributed by atoms with Gasteiger partial charge in [0.1, 0.15) is 0 Å². The largest absolute Gasteiger partial charge is 0.353 e. The fourth-order valence-corrected chi connectivity index (χ4v) is 2.43.